The van der Waals surface area contributed by atoms with Gasteiger partial charge in [0, 0.05) is 43.5 Å². The Hall–Kier alpha value is -3.12. The van der Waals surface area contributed by atoms with Gasteiger partial charge < -0.3 is 14.9 Å². The highest BCUT2D eigenvalue weighted by molar-refractivity contribution is 5.98. The molecule has 0 radical (unpaired) electrons. The summed E-state index contributed by atoms with van der Waals surface area (Å²) < 4.78 is 0. The first kappa shape index (κ1) is 16.1. The fraction of sp³-hybridized carbons (Fsp3) is 0.238. The predicted molar refractivity (Wildman–Crippen MR) is 106 cm³/mol. The highest BCUT2D eigenvalue weighted by atomic mass is 16.2. The van der Waals surface area contributed by atoms with Gasteiger partial charge in [-0.2, -0.15) is 0 Å². The van der Waals surface area contributed by atoms with E-state index >= 15 is 0 Å². The van der Waals surface area contributed by atoms with Crippen LogP contribution in [0.25, 0.3) is 21.9 Å². The summed E-state index contributed by atoms with van der Waals surface area (Å²) in [4.78, 5) is 28.3. The van der Waals surface area contributed by atoms with Crippen molar-refractivity contribution >= 4 is 27.8 Å². The van der Waals surface area contributed by atoms with Crippen LogP contribution in [0.5, 0.6) is 0 Å². The third-order valence-electron chi connectivity index (χ3n) is 5.27. The third kappa shape index (κ3) is 3.08. The number of para-hydroxylation sites is 2. The van der Waals surface area contributed by atoms with Gasteiger partial charge in [0.2, 0.25) is 0 Å². The van der Waals surface area contributed by atoms with Crippen molar-refractivity contribution < 1.29 is 4.79 Å². The Kier molecular flexibility index (Phi) is 3.90. The topological polar surface area (TPSA) is 68.0 Å². The number of hydrogen-bond donors (Lipinski definition) is 2. The maximum Gasteiger partial charge on any atom is 0.254 e. The molecule has 1 fully saturated rings. The van der Waals surface area contributed by atoms with Gasteiger partial charge in [-0.05, 0) is 35.7 Å². The normalized spacial score (nSPS) is 15.6. The quantitative estimate of drug-likeness (QED) is 0.591. The second kappa shape index (κ2) is 6.55. The molecule has 2 aromatic heterocycles. The summed E-state index contributed by atoms with van der Waals surface area (Å²) in [5, 5.41) is 1.13. The van der Waals surface area contributed by atoms with Crippen LogP contribution in [0, 0.1) is 0 Å². The zero-order chi connectivity index (χ0) is 18.2. The van der Waals surface area contributed by atoms with Crippen LogP contribution in [0.3, 0.4) is 0 Å². The van der Waals surface area contributed by atoms with Crippen molar-refractivity contribution in [2.24, 2.45) is 0 Å². The van der Waals surface area contributed by atoms with Gasteiger partial charge in [0.1, 0.15) is 5.82 Å². The lowest BCUT2D eigenvalue weighted by Crippen LogP contribution is -2.48. The minimum absolute atomic E-state index is 0.106. The number of nitrogens with one attached hydrogen (secondary N) is 2. The Morgan fingerprint density at radius 1 is 1.00 bits per heavy atom. The van der Waals surface area contributed by atoms with Gasteiger partial charge in [0.15, 0.2) is 0 Å². The number of fused-ring (bicyclic) bond motifs is 2. The average molecular weight is 359 g/mol. The minimum atomic E-state index is 0.106. The Morgan fingerprint density at radius 2 is 1.85 bits per heavy atom. The van der Waals surface area contributed by atoms with E-state index in [2.05, 4.69) is 19.9 Å². The first-order chi connectivity index (χ1) is 13.3. The van der Waals surface area contributed by atoms with Gasteiger partial charge in [-0.1, -0.05) is 18.2 Å². The van der Waals surface area contributed by atoms with E-state index in [1.165, 1.54) is 0 Å². The Bertz CT molecular complexity index is 1070. The predicted octanol–water partition coefficient (Wildman–Crippen LogP) is 3.00. The number of amides is 1. The summed E-state index contributed by atoms with van der Waals surface area (Å²) >= 11 is 0. The van der Waals surface area contributed by atoms with Gasteiger partial charge in [0.25, 0.3) is 5.91 Å². The molecule has 6 nitrogen and oxygen atoms in total. The molecule has 0 atom stereocenters. The van der Waals surface area contributed by atoms with Crippen molar-refractivity contribution in [3.63, 3.8) is 0 Å². The molecule has 3 heterocycles. The summed E-state index contributed by atoms with van der Waals surface area (Å²) in [7, 11) is 0. The Labute approximate surface area is 156 Å². The van der Waals surface area contributed by atoms with E-state index in [-0.39, 0.29) is 5.91 Å². The summed E-state index contributed by atoms with van der Waals surface area (Å²) in [6, 6.07) is 16.0. The number of nitrogens with zero attached hydrogens (tertiary/aromatic N) is 3. The molecule has 2 N–H and O–H groups in total. The monoisotopic (exact) mass is 359 g/mol. The number of carbonyl (C=O) groups is 1. The van der Waals surface area contributed by atoms with Crippen molar-refractivity contribution in [1.82, 2.24) is 24.8 Å². The molecule has 136 valence electrons. The lowest BCUT2D eigenvalue weighted by molar-refractivity contribution is 0.0626. The molecular weight excluding hydrogens is 338 g/mol. The van der Waals surface area contributed by atoms with Crippen LogP contribution < -0.4 is 0 Å². The van der Waals surface area contributed by atoms with Crippen molar-refractivity contribution in [3.8, 4) is 0 Å². The zero-order valence-electron chi connectivity index (χ0n) is 15.0. The smallest absolute Gasteiger partial charge is 0.254 e. The van der Waals surface area contributed by atoms with E-state index in [9.17, 15) is 4.79 Å². The Morgan fingerprint density at radius 3 is 2.70 bits per heavy atom. The standard InChI is InChI=1S/C21H21N5O/c27-21(16-6-5-15-7-8-22-19(15)13-16)26-11-9-25(10-12-26)14-20-23-17-3-1-2-4-18(17)24-20/h1-8,13,22H,9-12,14H2,(H,23,24). The summed E-state index contributed by atoms with van der Waals surface area (Å²) in [5.74, 6) is 1.09. The molecule has 0 unspecified atom stereocenters. The van der Waals surface area contributed by atoms with Gasteiger partial charge >= 0.3 is 0 Å². The molecule has 0 aliphatic carbocycles. The van der Waals surface area contributed by atoms with E-state index in [1.807, 2.05) is 59.6 Å². The summed E-state index contributed by atoms with van der Waals surface area (Å²) in [6.07, 6.45) is 1.90. The van der Waals surface area contributed by atoms with Crippen LogP contribution in [0.4, 0.5) is 0 Å². The molecule has 0 bridgehead atoms. The lowest BCUT2D eigenvalue weighted by Gasteiger charge is -2.34. The summed E-state index contributed by atoms with van der Waals surface area (Å²) in [5.41, 5.74) is 3.82. The molecule has 6 heteroatoms. The van der Waals surface area contributed by atoms with E-state index in [0.717, 1.165) is 66.0 Å². The SMILES string of the molecule is O=C(c1ccc2cc[nH]c2c1)N1CCN(Cc2nc3ccccc3[nH]2)CC1. The fourth-order valence-electron chi connectivity index (χ4n) is 3.76. The first-order valence-electron chi connectivity index (χ1n) is 9.29. The number of H-pyrrole nitrogens is 2. The van der Waals surface area contributed by atoms with E-state index in [0.29, 0.717) is 0 Å². The molecule has 5 rings (SSSR count). The largest absolute Gasteiger partial charge is 0.361 e. The highest BCUT2D eigenvalue weighted by Crippen LogP contribution is 2.17. The average Bonchev–Trinajstić information content (AvgIpc) is 3.33. The van der Waals surface area contributed by atoms with Crippen LogP contribution in [-0.4, -0.2) is 56.8 Å². The zero-order valence-corrected chi connectivity index (χ0v) is 15.0. The number of piperazine rings is 1. The van der Waals surface area contributed by atoms with Crippen molar-refractivity contribution in [3.05, 3.63) is 66.1 Å². The molecule has 4 aromatic rings. The highest BCUT2D eigenvalue weighted by Gasteiger charge is 2.23. The van der Waals surface area contributed by atoms with Crippen LogP contribution in [0.1, 0.15) is 16.2 Å². The van der Waals surface area contributed by atoms with Crippen LogP contribution in [0.15, 0.2) is 54.7 Å². The third-order valence-corrected chi connectivity index (χ3v) is 5.27. The van der Waals surface area contributed by atoms with Crippen molar-refractivity contribution in [1.29, 1.82) is 0 Å². The van der Waals surface area contributed by atoms with E-state index in [4.69, 9.17) is 0 Å². The van der Waals surface area contributed by atoms with Gasteiger partial charge in [-0.15, -0.1) is 0 Å². The van der Waals surface area contributed by atoms with Crippen molar-refractivity contribution in [2.45, 2.75) is 6.54 Å². The molecule has 1 amide bonds. The van der Waals surface area contributed by atoms with Crippen LogP contribution in [-0.2, 0) is 6.54 Å². The number of aromatic nitrogens is 3. The number of benzene rings is 2. The number of aromatic amines is 2. The van der Waals surface area contributed by atoms with Gasteiger partial charge in [-0.25, -0.2) is 4.98 Å². The summed E-state index contributed by atoms with van der Waals surface area (Å²) in [6.45, 7) is 3.97. The first-order valence-corrected chi connectivity index (χ1v) is 9.29. The second-order valence-corrected chi connectivity index (χ2v) is 7.05. The molecule has 1 aliphatic rings. The molecule has 2 aromatic carbocycles. The minimum Gasteiger partial charge on any atom is -0.361 e. The molecule has 1 saturated heterocycles. The van der Waals surface area contributed by atoms with Gasteiger partial charge in [0.05, 0.1) is 17.6 Å². The molecule has 27 heavy (non-hydrogen) atoms. The maximum atomic E-state index is 12.8. The van der Waals surface area contributed by atoms with E-state index < -0.39 is 0 Å². The molecule has 1 aliphatic heterocycles. The molecule has 0 saturated carbocycles. The van der Waals surface area contributed by atoms with Gasteiger partial charge in [-0.3, -0.25) is 9.69 Å². The lowest BCUT2D eigenvalue weighted by atomic mass is 10.1. The molecular formula is C21H21N5O. The van der Waals surface area contributed by atoms with Crippen LogP contribution in [0.2, 0.25) is 0 Å². The Balaban J connectivity index is 1.23. The number of carbonyl (C=O) groups excluding carboxylic acids is 1. The number of hydrogen-bond acceptors (Lipinski definition) is 3. The maximum absolute atomic E-state index is 12.8. The van der Waals surface area contributed by atoms with Crippen molar-refractivity contribution in [2.75, 3.05) is 26.2 Å². The fourth-order valence-corrected chi connectivity index (χ4v) is 3.76. The second-order valence-electron chi connectivity index (χ2n) is 7.05. The number of imidazole rings is 1. The molecule has 0 spiro atoms. The van der Waals surface area contributed by atoms with Crippen LogP contribution >= 0.6 is 0 Å². The number of rotatable bonds is 3. The van der Waals surface area contributed by atoms with E-state index in [1.54, 1.807) is 0 Å².